The number of carbonyl (C=O) groups is 1. The second-order valence-electron chi connectivity index (χ2n) is 5.84. The fourth-order valence-electron chi connectivity index (χ4n) is 2.44. The van der Waals surface area contributed by atoms with Crippen LogP contribution in [0.5, 0.6) is 23.0 Å². The molecule has 0 fully saturated rings. The van der Waals surface area contributed by atoms with E-state index in [9.17, 15) is 20.1 Å². The Labute approximate surface area is 160 Å². The van der Waals surface area contributed by atoms with Gasteiger partial charge < -0.3 is 20.1 Å². The largest absolute Gasteiger partial charge is 0.508 e. The first-order valence-corrected chi connectivity index (χ1v) is 9.10. The Morgan fingerprint density at radius 1 is 0.852 bits per heavy atom. The minimum atomic E-state index is -0.416. The van der Waals surface area contributed by atoms with Gasteiger partial charge in [0.2, 0.25) is 0 Å². The molecule has 0 radical (unpaired) electrons. The molecule has 0 saturated heterocycles. The SMILES string of the molecule is O=C(CCc1ccccc1)Oc1cc(O)ccc1Sc1ccc(O)cc1O. The fraction of sp³-hybridized carbons (Fsp3) is 0.0952. The van der Waals surface area contributed by atoms with Crippen LogP contribution < -0.4 is 4.74 Å². The van der Waals surface area contributed by atoms with E-state index in [1.807, 2.05) is 30.3 Å². The van der Waals surface area contributed by atoms with Gasteiger partial charge in [0.25, 0.3) is 0 Å². The van der Waals surface area contributed by atoms with Gasteiger partial charge in [0.15, 0.2) is 0 Å². The number of phenolic OH excluding ortho intramolecular Hbond substituents is 3. The molecule has 3 aromatic rings. The molecule has 5 nitrogen and oxygen atoms in total. The van der Waals surface area contributed by atoms with Gasteiger partial charge in [-0.3, -0.25) is 4.79 Å². The highest BCUT2D eigenvalue weighted by atomic mass is 32.2. The Hall–Kier alpha value is -3.12. The topological polar surface area (TPSA) is 87.0 Å². The Bertz CT molecular complexity index is 941. The molecule has 0 heterocycles. The smallest absolute Gasteiger partial charge is 0.311 e. The summed E-state index contributed by atoms with van der Waals surface area (Å²) in [6, 6.07) is 18.3. The molecule has 0 amide bonds. The summed E-state index contributed by atoms with van der Waals surface area (Å²) in [6.07, 6.45) is 0.758. The van der Waals surface area contributed by atoms with Crippen LogP contribution >= 0.6 is 11.8 Å². The van der Waals surface area contributed by atoms with E-state index in [0.717, 1.165) is 5.56 Å². The number of aryl methyl sites for hydroxylation is 1. The molecule has 0 saturated carbocycles. The molecule has 3 aromatic carbocycles. The lowest BCUT2D eigenvalue weighted by molar-refractivity contribution is -0.134. The molecule has 0 aliphatic heterocycles. The van der Waals surface area contributed by atoms with E-state index in [1.165, 1.54) is 36.0 Å². The summed E-state index contributed by atoms with van der Waals surface area (Å²) in [4.78, 5) is 13.3. The van der Waals surface area contributed by atoms with Crippen LogP contribution in [-0.4, -0.2) is 21.3 Å². The highest BCUT2D eigenvalue weighted by molar-refractivity contribution is 7.99. The summed E-state index contributed by atoms with van der Waals surface area (Å²) in [5, 5.41) is 29.1. The summed E-state index contributed by atoms with van der Waals surface area (Å²) < 4.78 is 5.43. The monoisotopic (exact) mass is 382 g/mol. The first-order chi connectivity index (χ1) is 13.0. The van der Waals surface area contributed by atoms with Crippen LogP contribution in [0.15, 0.2) is 76.5 Å². The van der Waals surface area contributed by atoms with E-state index in [1.54, 1.807) is 12.1 Å². The van der Waals surface area contributed by atoms with Crippen molar-refractivity contribution in [2.24, 2.45) is 0 Å². The zero-order chi connectivity index (χ0) is 19.2. The van der Waals surface area contributed by atoms with Gasteiger partial charge in [-0.1, -0.05) is 42.1 Å². The van der Waals surface area contributed by atoms with Crippen LogP contribution in [0.25, 0.3) is 0 Å². The lowest BCUT2D eigenvalue weighted by atomic mass is 10.1. The predicted molar refractivity (Wildman–Crippen MR) is 102 cm³/mol. The van der Waals surface area contributed by atoms with Gasteiger partial charge in [-0.2, -0.15) is 0 Å². The third-order valence-corrected chi connectivity index (χ3v) is 4.90. The zero-order valence-corrected chi connectivity index (χ0v) is 15.1. The molecular formula is C21H18O5S. The van der Waals surface area contributed by atoms with Gasteiger partial charge in [-0.05, 0) is 36.2 Å². The first kappa shape index (κ1) is 18.7. The van der Waals surface area contributed by atoms with Gasteiger partial charge in [-0.15, -0.1) is 0 Å². The van der Waals surface area contributed by atoms with E-state index < -0.39 is 5.97 Å². The van der Waals surface area contributed by atoms with Crippen molar-refractivity contribution in [3.05, 3.63) is 72.3 Å². The van der Waals surface area contributed by atoms with Crippen LogP contribution in [-0.2, 0) is 11.2 Å². The van der Waals surface area contributed by atoms with Gasteiger partial charge in [-0.25, -0.2) is 0 Å². The van der Waals surface area contributed by atoms with Crippen molar-refractivity contribution in [3.63, 3.8) is 0 Å². The molecule has 0 aliphatic carbocycles. The van der Waals surface area contributed by atoms with Crippen molar-refractivity contribution in [3.8, 4) is 23.0 Å². The second kappa shape index (κ2) is 8.51. The Morgan fingerprint density at radius 3 is 2.22 bits per heavy atom. The number of hydrogen-bond donors (Lipinski definition) is 3. The van der Waals surface area contributed by atoms with E-state index in [0.29, 0.717) is 16.2 Å². The Morgan fingerprint density at radius 2 is 1.52 bits per heavy atom. The molecular weight excluding hydrogens is 364 g/mol. The molecule has 0 atom stereocenters. The van der Waals surface area contributed by atoms with Crippen LogP contribution in [0.1, 0.15) is 12.0 Å². The molecule has 0 unspecified atom stereocenters. The molecule has 3 N–H and O–H groups in total. The zero-order valence-electron chi connectivity index (χ0n) is 14.3. The normalized spacial score (nSPS) is 10.5. The average Bonchev–Trinajstić information content (AvgIpc) is 2.65. The summed E-state index contributed by atoms with van der Waals surface area (Å²) in [5.41, 5.74) is 1.04. The summed E-state index contributed by atoms with van der Waals surface area (Å²) in [5.74, 6) is -0.364. The average molecular weight is 382 g/mol. The molecule has 27 heavy (non-hydrogen) atoms. The van der Waals surface area contributed by atoms with Gasteiger partial charge in [0.1, 0.15) is 23.0 Å². The predicted octanol–water partition coefficient (Wildman–Crippen LogP) is 4.49. The van der Waals surface area contributed by atoms with Crippen molar-refractivity contribution in [1.82, 2.24) is 0 Å². The Kier molecular flexibility index (Phi) is 5.88. The fourth-order valence-corrected chi connectivity index (χ4v) is 3.31. The lowest BCUT2D eigenvalue weighted by Crippen LogP contribution is -2.09. The van der Waals surface area contributed by atoms with Crippen LogP contribution in [0.3, 0.4) is 0 Å². The third kappa shape index (κ3) is 5.18. The molecule has 0 spiro atoms. The number of benzene rings is 3. The van der Waals surface area contributed by atoms with E-state index in [4.69, 9.17) is 4.74 Å². The number of esters is 1. The number of phenols is 3. The van der Waals surface area contributed by atoms with Crippen molar-refractivity contribution < 1.29 is 24.9 Å². The number of rotatable bonds is 6. The van der Waals surface area contributed by atoms with E-state index >= 15 is 0 Å². The molecule has 138 valence electrons. The minimum Gasteiger partial charge on any atom is -0.508 e. The molecule has 0 bridgehead atoms. The quantitative estimate of drug-likeness (QED) is 0.430. The van der Waals surface area contributed by atoms with Crippen molar-refractivity contribution in [1.29, 1.82) is 0 Å². The molecule has 3 rings (SSSR count). The highest BCUT2D eigenvalue weighted by Crippen LogP contribution is 2.41. The van der Waals surface area contributed by atoms with E-state index in [-0.39, 0.29) is 29.4 Å². The van der Waals surface area contributed by atoms with Crippen molar-refractivity contribution in [2.75, 3.05) is 0 Å². The standard InChI is InChI=1S/C21H18O5S/c22-15-7-9-19(17(24)12-15)27-20-10-8-16(23)13-18(20)26-21(25)11-6-14-4-2-1-3-5-14/h1-5,7-10,12-13,22-24H,6,11H2. The maximum atomic E-state index is 12.2. The minimum absolute atomic E-state index is 0.0277. The first-order valence-electron chi connectivity index (χ1n) is 8.29. The van der Waals surface area contributed by atoms with Crippen molar-refractivity contribution >= 4 is 17.7 Å². The maximum Gasteiger partial charge on any atom is 0.311 e. The second-order valence-corrected chi connectivity index (χ2v) is 6.93. The van der Waals surface area contributed by atoms with E-state index in [2.05, 4.69) is 0 Å². The number of ether oxygens (including phenoxy) is 1. The number of carbonyl (C=O) groups excluding carboxylic acids is 1. The number of hydrogen-bond acceptors (Lipinski definition) is 6. The molecule has 6 heteroatoms. The summed E-state index contributed by atoms with van der Waals surface area (Å²) >= 11 is 1.17. The van der Waals surface area contributed by atoms with Crippen molar-refractivity contribution in [2.45, 2.75) is 22.6 Å². The Balaban J connectivity index is 1.72. The summed E-state index contributed by atoms with van der Waals surface area (Å²) in [7, 11) is 0. The highest BCUT2D eigenvalue weighted by Gasteiger charge is 2.14. The molecule has 0 aromatic heterocycles. The van der Waals surface area contributed by atoms with Crippen LogP contribution in [0, 0.1) is 0 Å². The maximum absolute atomic E-state index is 12.2. The summed E-state index contributed by atoms with van der Waals surface area (Å²) in [6.45, 7) is 0. The van der Waals surface area contributed by atoms with Crippen LogP contribution in [0.2, 0.25) is 0 Å². The number of aromatic hydroxyl groups is 3. The third-order valence-electron chi connectivity index (χ3n) is 3.77. The lowest BCUT2D eigenvalue weighted by Gasteiger charge is -2.11. The van der Waals surface area contributed by atoms with Gasteiger partial charge in [0.05, 0.1) is 9.79 Å². The van der Waals surface area contributed by atoms with Gasteiger partial charge >= 0.3 is 5.97 Å². The van der Waals surface area contributed by atoms with Gasteiger partial charge in [0, 0.05) is 18.6 Å². The van der Waals surface area contributed by atoms with Crippen LogP contribution in [0.4, 0.5) is 0 Å². The molecule has 0 aliphatic rings.